The fourth-order valence-electron chi connectivity index (χ4n) is 3.51. The van der Waals surface area contributed by atoms with Gasteiger partial charge in [0.25, 0.3) is 0 Å². The summed E-state index contributed by atoms with van der Waals surface area (Å²) >= 11 is 1.67. The second-order valence-electron chi connectivity index (χ2n) is 7.30. The highest BCUT2D eigenvalue weighted by Gasteiger charge is 2.12. The number of nitrogen functional groups attached to an aromatic ring is 1. The summed E-state index contributed by atoms with van der Waals surface area (Å²) in [5, 5.41) is 3.01. The molecule has 0 unspecified atom stereocenters. The zero-order chi connectivity index (χ0) is 20.9. The molecule has 0 atom stereocenters. The molecule has 0 aliphatic carbocycles. The summed E-state index contributed by atoms with van der Waals surface area (Å²) < 4.78 is 5.11. The second kappa shape index (κ2) is 9.20. The quantitative estimate of drug-likeness (QED) is 0.232. The molecule has 4 aromatic rings. The summed E-state index contributed by atoms with van der Waals surface area (Å²) in [6, 6.07) is 19.8. The van der Waals surface area contributed by atoms with E-state index in [1.165, 1.54) is 4.88 Å². The monoisotopic (exact) mass is 416 g/mol. The molecule has 2 aromatic carbocycles. The SMILES string of the molecule is COCCCc1ccc2cc(C(=O)Cc3cc(-c4cccs4)ccc3N)ccc2n1. The molecule has 4 rings (SSSR count). The Kier molecular flexibility index (Phi) is 6.21. The molecule has 0 amide bonds. The zero-order valence-electron chi connectivity index (χ0n) is 16.9. The van der Waals surface area contributed by atoms with Crippen LogP contribution in [0.5, 0.6) is 0 Å². The Morgan fingerprint density at radius 2 is 2.00 bits per heavy atom. The van der Waals surface area contributed by atoms with Crippen molar-refractivity contribution >= 4 is 33.7 Å². The molecule has 0 saturated carbocycles. The average Bonchev–Trinajstić information content (AvgIpc) is 3.30. The van der Waals surface area contributed by atoms with Crippen molar-refractivity contribution in [1.29, 1.82) is 0 Å². The van der Waals surface area contributed by atoms with E-state index < -0.39 is 0 Å². The Morgan fingerprint density at radius 3 is 2.80 bits per heavy atom. The lowest BCUT2D eigenvalue weighted by molar-refractivity contribution is 0.0993. The van der Waals surface area contributed by atoms with E-state index in [2.05, 4.69) is 6.07 Å². The number of nitrogens with zero attached hydrogens (tertiary/aromatic N) is 1. The van der Waals surface area contributed by atoms with E-state index in [-0.39, 0.29) is 12.2 Å². The van der Waals surface area contributed by atoms with Crippen molar-refractivity contribution in [1.82, 2.24) is 4.98 Å². The highest BCUT2D eigenvalue weighted by molar-refractivity contribution is 7.13. The van der Waals surface area contributed by atoms with Gasteiger partial charge in [-0.1, -0.05) is 18.2 Å². The van der Waals surface area contributed by atoms with Crippen LogP contribution in [0.15, 0.2) is 66.0 Å². The van der Waals surface area contributed by atoms with Crippen molar-refractivity contribution in [3.8, 4) is 10.4 Å². The number of benzene rings is 2. The van der Waals surface area contributed by atoms with E-state index in [0.29, 0.717) is 11.3 Å². The molecule has 152 valence electrons. The van der Waals surface area contributed by atoms with Crippen LogP contribution in [0, 0.1) is 0 Å². The van der Waals surface area contributed by atoms with Gasteiger partial charge in [-0.05, 0) is 71.8 Å². The number of rotatable bonds is 8. The maximum Gasteiger partial charge on any atom is 0.167 e. The second-order valence-corrected chi connectivity index (χ2v) is 8.24. The number of methoxy groups -OCH3 is 1. The molecule has 0 aliphatic rings. The van der Waals surface area contributed by atoms with Gasteiger partial charge in [-0.25, -0.2) is 0 Å². The Bertz CT molecular complexity index is 1170. The molecule has 0 spiro atoms. The van der Waals surface area contributed by atoms with Gasteiger partial charge in [-0.3, -0.25) is 9.78 Å². The summed E-state index contributed by atoms with van der Waals surface area (Å²) in [5.41, 5.74) is 11.4. The highest BCUT2D eigenvalue weighted by Crippen LogP contribution is 2.28. The van der Waals surface area contributed by atoms with Gasteiger partial charge in [0.15, 0.2) is 5.78 Å². The van der Waals surface area contributed by atoms with Gasteiger partial charge in [0, 0.05) is 47.3 Å². The van der Waals surface area contributed by atoms with Crippen molar-refractivity contribution in [2.75, 3.05) is 19.5 Å². The minimum absolute atomic E-state index is 0.0519. The van der Waals surface area contributed by atoms with E-state index in [1.807, 2.05) is 60.0 Å². The minimum Gasteiger partial charge on any atom is -0.398 e. The van der Waals surface area contributed by atoms with Gasteiger partial charge in [0.2, 0.25) is 0 Å². The number of ketones is 1. The normalized spacial score (nSPS) is 11.1. The first-order chi connectivity index (χ1) is 14.6. The van der Waals surface area contributed by atoms with Gasteiger partial charge in [-0.15, -0.1) is 11.3 Å². The Labute approximate surface area is 180 Å². The molecule has 0 radical (unpaired) electrons. The van der Waals surface area contributed by atoms with Crippen molar-refractivity contribution in [2.24, 2.45) is 0 Å². The van der Waals surface area contributed by atoms with E-state index in [9.17, 15) is 4.79 Å². The number of pyridine rings is 1. The van der Waals surface area contributed by atoms with Crippen LogP contribution in [0.25, 0.3) is 21.3 Å². The van der Waals surface area contributed by atoms with Crippen LogP contribution in [0.1, 0.15) is 28.0 Å². The number of anilines is 1. The predicted octanol–water partition coefficient (Wildman–Crippen LogP) is 5.55. The molecule has 4 nitrogen and oxygen atoms in total. The number of fused-ring (bicyclic) bond motifs is 1. The van der Waals surface area contributed by atoms with Gasteiger partial charge < -0.3 is 10.5 Å². The summed E-state index contributed by atoms with van der Waals surface area (Å²) in [6.45, 7) is 0.726. The third kappa shape index (κ3) is 4.58. The van der Waals surface area contributed by atoms with Crippen LogP contribution in [-0.2, 0) is 17.6 Å². The average molecular weight is 417 g/mol. The lowest BCUT2D eigenvalue weighted by Crippen LogP contribution is -2.06. The molecule has 5 heteroatoms. The predicted molar refractivity (Wildman–Crippen MR) is 124 cm³/mol. The molecular weight excluding hydrogens is 392 g/mol. The lowest BCUT2D eigenvalue weighted by Gasteiger charge is -2.09. The fraction of sp³-hybridized carbons (Fsp3) is 0.200. The summed E-state index contributed by atoms with van der Waals surface area (Å²) in [6.07, 6.45) is 2.10. The summed E-state index contributed by atoms with van der Waals surface area (Å²) in [7, 11) is 1.71. The number of hydrogen-bond acceptors (Lipinski definition) is 5. The van der Waals surface area contributed by atoms with Gasteiger partial charge >= 0.3 is 0 Å². The number of carbonyl (C=O) groups excluding carboxylic acids is 1. The van der Waals surface area contributed by atoms with Crippen LogP contribution < -0.4 is 5.73 Å². The molecule has 2 heterocycles. The van der Waals surface area contributed by atoms with Crippen LogP contribution in [0.4, 0.5) is 5.69 Å². The van der Waals surface area contributed by atoms with Crippen molar-refractivity contribution < 1.29 is 9.53 Å². The third-order valence-electron chi connectivity index (χ3n) is 5.15. The van der Waals surface area contributed by atoms with Crippen LogP contribution in [-0.4, -0.2) is 24.5 Å². The van der Waals surface area contributed by atoms with E-state index in [1.54, 1.807) is 18.4 Å². The molecular formula is C25H24N2O2S. The minimum atomic E-state index is 0.0519. The molecule has 30 heavy (non-hydrogen) atoms. The number of Topliss-reactive ketones (excluding diaryl/α,β-unsaturated/α-hetero) is 1. The number of nitrogens with two attached hydrogens (primary N) is 1. The van der Waals surface area contributed by atoms with E-state index >= 15 is 0 Å². The van der Waals surface area contributed by atoms with Crippen molar-refractivity contribution in [2.45, 2.75) is 19.3 Å². The van der Waals surface area contributed by atoms with Crippen LogP contribution in [0.2, 0.25) is 0 Å². The first-order valence-electron chi connectivity index (χ1n) is 9.98. The van der Waals surface area contributed by atoms with Crippen LogP contribution in [0.3, 0.4) is 0 Å². The Balaban J connectivity index is 1.53. The smallest absolute Gasteiger partial charge is 0.167 e. The van der Waals surface area contributed by atoms with E-state index in [0.717, 1.165) is 47.2 Å². The van der Waals surface area contributed by atoms with Crippen LogP contribution >= 0.6 is 11.3 Å². The number of aryl methyl sites for hydroxylation is 1. The largest absolute Gasteiger partial charge is 0.398 e. The summed E-state index contributed by atoms with van der Waals surface area (Å²) in [4.78, 5) is 18.8. The molecule has 0 aliphatic heterocycles. The van der Waals surface area contributed by atoms with Gasteiger partial charge in [0.05, 0.1) is 5.52 Å². The first kappa shape index (κ1) is 20.3. The molecule has 0 saturated heterocycles. The highest BCUT2D eigenvalue weighted by atomic mass is 32.1. The third-order valence-corrected chi connectivity index (χ3v) is 6.07. The Morgan fingerprint density at radius 1 is 1.10 bits per heavy atom. The Hall–Kier alpha value is -3.02. The molecule has 2 aromatic heterocycles. The first-order valence-corrected chi connectivity index (χ1v) is 10.9. The van der Waals surface area contributed by atoms with Gasteiger partial charge in [-0.2, -0.15) is 0 Å². The maximum atomic E-state index is 13.0. The van der Waals surface area contributed by atoms with Crippen molar-refractivity contribution in [3.05, 3.63) is 82.9 Å². The topological polar surface area (TPSA) is 65.2 Å². The zero-order valence-corrected chi connectivity index (χ0v) is 17.7. The fourth-order valence-corrected chi connectivity index (χ4v) is 4.23. The lowest BCUT2D eigenvalue weighted by atomic mass is 9.98. The number of aromatic nitrogens is 1. The van der Waals surface area contributed by atoms with E-state index in [4.69, 9.17) is 15.5 Å². The van der Waals surface area contributed by atoms with Crippen molar-refractivity contribution in [3.63, 3.8) is 0 Å². The number of hydrogen-bond donors (Lipinski definition) is 1. The van der Waals surface area contributed by atoms with Gasteiger partial charge in [0.1, 0.15) is 0 Å². The molecule has 0 fully saturated rings. The standard InChI is InChI=1S/C25H24N2O2S/c1-29-12-2-4-21-9-6-17-14-18(8-11-23(17)27-21)24(28)16-20-15-19(7-10-22(20)26)25-5-3-13-30-25/h3,5-11,13-15H,2,4,12,16,26H2,1H3. The maximum absolute atomic E-state index is 13.0. The molecule has 2 N–H and O–H groups in total. The number of thiophene rings is 1. The number of ether oxygens (including phenoxy) is 1. The number of carbonyl (C=O) groups is 1. The molecule has 0 bridgehead atoms. The summed E-state index contributed by atoms with van der Waals surface area (Å²) in [5.74, 6) is 0.0519.